The second kappa shape index (κ2) is 7.04. The predicted molar refractivity (Wildman–Crippen MR) is 147 cm³/mol. The van der Waals surface area contributed by atoms with Crippen molar-refractivity contribution >= 4 is 67.8 Å². The highest BCUT2D eigenvalue weighted by Crippen LogP contribution is 2.42. The quantitative estimate of drug-likeness (QED) is 0.224. The van der Waals surface area contributed by atoms with E-state index in [0.717, 1.165) is 71.8 Å². The van der Waals surface area contributed by atoms with E-state index in [1.54, 1.807) is 0 Å². The van der Waals surface area contributed by atoms with Gasteiger partial charge < -0.3 is 5.32 Å². The van der Waals surface area contributed by atoms with Crippen molar-refractivity contribution in [3.63, 3.8) is 0 Å². The van der Waals surface area contributed by atoms with E-state index in [1.807, 2.05) is 13.0 Å². The zero-order valence-electron chi connectivity index (χ0n) is 20.9. The van der Waals surface area contributed by atoms with Crippen LogP contribution in [-0.4, -0.2) is 19.9 Å². The van der Waals surface area contributed by atoms with Crippen molar-refractivity contribution in [2.45, 2.75) is 34.6 Å². The van der Waals surface area contributed by atoms with Crippen LogP contribution in [0, 0.1) is 34.6 Å². The summed E-state index contributed by atoms with van der Waals surface area (Å²) < 4.78 is 0. The van der Waals surface area contributed by atoms with Gasteiger partial charge in [0.05, 0.1) is 38.8 Å². The zero-order chi connectivity index (χ0) is 24.9. The van der Waals surface area contributed by atoms with Crippen LogP contribution in [0.4, 0.5) is 17.1 Å². The molecule has 0 atom stereocenters. The number of hydrogen-bond donors (Lipinski definition) is 1. The fraction of sp³-hybridized carbons (Fsp3) is 0.167. The molecule has 7 rings (SSSR count). The summed E-state index contributed by atoms with van der Waals surface area (Å²) in [7, 11) is 0. The summed E-state index contributed by atoms with van der Waals surface area (Å²) in [6, 6.07) is 12.5. The van der Waals surface area contributed by atoms with E-state index >= 15 is 0 Å². The van der Waals surface area contributed by atoms with Gasteiger partial charge in [-0.2, -0.15) is 0 Å². The Morgan fingerprint density at radius 1 is 0.556 bits per heavy atom. The molecule has 2 aromatic heterocycles. The third-order valence-corrected chi connectivity index (χ3v) is 7.43. The van der Waals surface area contributed by atoms with Crippen LogP contribution in [0.5, 0.6) is 0 Å². The molecule has 0 bridgehead atoms. The number of aryl methyl sites for hydroxylation is 5. The molecular formula is C30H24N6. The van der Waals surface area contributed by atoms with Crippen molar-refractivity contribution in [2.24, 2.45) is 4.99 Å². The summed E-state index contributed by atoms with van der Waals surface area (Å²) in [6.45, 7) is 14.6. The van der Waals surface area contributed by atoms with Crippen molar-refractivity contribution in [1.82, 2.24) is 19.9 Å². The Morgan fingerprint density at radius 3 is 1.58 bits per heavy atom. The lowest BCUT2D eigenvalue weighted by Gasteiger charge is -2.19. The first-order chi connectivity index (χ1) is 17.3. The van der Waals surface area contributed by atoms with E-state index in [0.29, 0.717) is 5.52 Å². The van der Waals surface area contributed by atoms with Crippen LogP contribution < -0.4 is 15.9 Å². The van der Waals surface area contributed by atoms with Gasteiger partial charge in [0.1, 0.15) is 27.8 Å². The van der Waals surface area contributed by atoms with Crippen LogP contribution in [0.2, 0.25) is 0 Å². The average Bonchev–Trinajstić information content (AvgIpc) is 2.84. The van der Waals surface area contributed by atoms with Gasteiger partial charge >= 0.3 is 0 Å². The Labute approximate surface area is 207 Å². The fourth-order valence-corrected chi connectivity index (χ4v) is 4.94. The van der Waals surface area contributed by atoms with Gasteiger partial charge in [-0.25, -0.2) is 24.9 Å². The molecule has 174 valence electrons. The van der Waals surface area contributed by atoms with Gasteiger partial charge in [0.25, 0.3) is 0 Å². The minimum Gasteiger partial charge on any atom is -0.350 e. The molecule has 6 heteroatoms. The molecule has 0 saturated heterocycles. The maximum absolute atomic E-state index is 5.10. The lowest BCUT2D eigenvalue weighted by Crippen LogP contribution is -2.19. The topological polar surface area (TPSA) is 76.0 Å². The lowest BCUT2D eigenvalue weighted by molar-refractivity contribution is 1.24. The van der Waals surface area contributed by atoms with Gasteiger partial charge in [0, 0.05) is 0 Å². The van der Waals surface area contributed by atoms with Crippen molar-refractivity contribution in [3.05, 3.63) is 74.8 Å². The normalized spacial score (nSPS) is 12.6. The summed E-state index contributed by atoms with van der Waals surface area (Å²) in [4.78, 5) is 25.5. The Morgan fingerprint density at radius 2 is 1.03 bits per heavy atom. The maximum atomic E-state index is 5.10. The molecule has 6 nitrogen and oxygen atoms in total. The summed E-state index contributed by atoms with van der Waals surface area (Å²) in [6.07, 6.45) is 0. The Kier molecular flexibility index (Phi) is 4.08. The molecule has 1 N–H and O–H groups in total. The molecule has 0 saturated carbocycles. The zero-order valence-corrected chi connectivity index (χ0v) is 20.9. The van der Waals surface area contributed by atoms with Crippen LogP contribution in [0.15, 0.2) is 41.4 Å². The first-order valence-corrected chi connectivity index (χ1v) is 12.1. The number of hydrogen-bond acceptors (Lipinski definition) is 6. The molecule has 4 aromatic carbocycles. The lowest BCUT2D eigenvalue weighted by atomic mass is 10.1. The largest absolute Gasteiger partial charge is 0.350 e. The Hall–Kier alpha value is -4.45. The van der Waals surface area contributed by atoms with Crippen molar-refractivity contribution in [3.8, 4) is 0 Å². The van der Waals surface area contributed by atoms with Gasteiger partial charge in [-0.05, 0) is 104 Å². The van der Waals surface area contributed by atoms with E-state index in [9.17, 15) is 0 Å². The van der Waals surface area contributed by atoms with Gasteiger partial charge in [-0.3, -0.25) is 0 Å². The van der Waals surface area contributed by atoms with Gasteiger partial charge in [-0.1, -0.05) is 6.58 Å². The van der Waals surface area contributed by atoms with E-state index in [-0.39, 0.29) is 0 Å². The monoisotopic (exact) mass is 468 g/mol. The van der Waals surface area contributed by atoms with Gasteiger partial charge in [0.15, 0.2) is 0 Å². The second-order valence-electron chi connectivity index (χ2n) is 9.95. The molecule has 0 radical (unpaired) electrons. The predicted octanol–water partition coefficient (Wildman–Crippen LogP) is 5.84. The van der Waals surface area contributed by atoms with E-state index in [2.05, 4.69) is 69.9 Å². The minimum absolute atomic E-state index is 0.714. The molecular weight excluding hydrogens is 444 g/mol. The molecule has 6 aromatic rings. The number of fused-ring (bicyclic) bond motifs is 9. The van der Waals surface area contributed by atoms with Crippen LogP contribution in [0.25, 0.3) is 50.7 Å². The van der Waals surface area contributed by atoms with Crippen LogP contribution in [0.3, 0.4) is 0 Å². The van der Waals surface area contributed by atoms with Gasteiger partial charge in [0.2, 0.25) is 0 Å². The number of nitrogens with one attached hydrogen (secondary N) is 1. The number of anilines is 2. The fourth-order valence-electron chi connectivity index (χ4n) is 4.94. The average molecular weight is 469 g/mol. The SMILES string of the molecule is C=c1cc2c(cc1C)=Nc1c(c3nc4cc(C)c(C)cc4nc3c3nc4cc(C)c(C)cc4nc13)N2. The van der Waals surface area contributed by atoms with Crippen molar-refractivity contribution in [2.75, 3.05) is 5.32 Å². The molecule has 0 amide bonds. The Bertz CT molecular complexity index is 2090. The van der Waals surface area contributed by atoms with Gasteiger partial charge in [-0.15, -0.1) is 0 Å². The molecule has 0 unspecified atom stereocenters. The number of benzene rings is 4. The summed E-state index contributed by atoms with van der Waals surface area (Å²) >= 11 is 0. The van der Waals surface area contributed by atoms with Crippen LogP contribution in [-0.2, 0) is 0 Å². The third kappa shape index (κ3) is 2.87. The highest BCUT2D eigenvalue weighted by molar-refractivity contribution is 6.17. The molecule has 0 fully saturated rings. The second-order valence-corrected chi connectivity index (χ2v) is 9.95. The van der Waals surface area contributed by atoms with Crippen molar-refractivity contribution < 1.29 is 0 Å². The van der Waals surface area contributed by atoms with E-state index in [1.165, 1.54) is 22.3 Å². The van der Waals surface area contributed by atoms with Crippen molar-refractivity contribution in [1.29, 1.82) is 0 Å². The summed E-state index contributed by atoms with van der Waals surface area (Å²) in [5, 5.41) is 5.42. The standard InChI is InChI=1S/C30H24N6/c1-13-7-19-20(8-14(13)2)32-26-25(31-19)27-29(35-22-10-16(4)15(3)9-21(22)33-27)30-28(26)34-23-11-17(5)18(6)12-24(23)36-30/h7-12,31H,1H2,2-6H3. The van der Waals surface area contributed by atoms with E-state index < -0.39 is 0 Å². The highest BCUT2D eigenvalue weighted by Gasteiger charge is 2.23. The highest BCUT2D eigenvalue weighted by atomic mass is 15.0. The van der Waals surface area contributed by atoms with E-state index in [4.69, 9.17) is 24.9 Å². The molecule has 36 heavy (non-hydrogen) atoms. The molecule has 0 spiro atoms. The number of nitrogens with zero attached hydrogens (tertiary/aromatic N) is 5. The number of rotatable bonds is 0. The first kappa shape index (κ1) is 20.9. The summed E-state index contributed by atoms with van der Waals surface area (Å²) in [5.41, 5.74) is 14.6. The van der Waals surface area contributed by atoms with Crippen LogP contribution >= 0.6 is 0 Å². The first-order valence-electron chi connectivity index (χ1n) is 12.1. The minimum atomic E-state index is 0.714. The summed E-state index contributed by atoms with van der Waals surface area (Å²) in [5.74, 6) is 0. The Balaban J connectivity index is 1.71. The smallest absolute Gasteiger partial charge is 0.120 e. The number of aromatic nitrogens is 4. The molecule has 0 aliphatic carbocycles. The third-order valence-electron chi connectivity index (χ3n) is 7.43. The molecule has 1 aliphatic rings. The molecule has 1 aliphatic heterocycles. The molecule has 3 heterocycles. The van der Waals surface area contributed by atoms with Crippen LogP contribution in [0.1, 0.15) is 27.8 Å². The maximum Gasteiger partial charge on any atom is 0.120 e.